The Morgan fingerprint density at radius 3 is 1.46 bits per heavy atom. The van der Waals surface area contributed by atoms with Crippen molar-refractivity contribution in [1.82, 2.24) is 49.2 Å². The summed E-state index contributed by atoms with van der Waals surface area (Å²) in [6.07, 6.45) is 12.9. The van der Waals surface area contributed by atoms with Gasteiger partial charge in [0.05, 0.1) is 35.9 Å². The van der Waals surface area contributed by atoms with Gasteiger partial charge in [0.15, 0.2) is 11.6 Å². The molecule has 2 N–H and O–H groups in total. The summed E-state index contributed by atoms with van der Waals surface area (Å²) in [6, 6.07) is 14.4. The molecule has 0 spiro atoms. The van der Waals surface area contributed by atoms with Crippen LogP contribution in [0.25, 0.3) is 11.3 Å². The van der Waals surface area contributed by atoms with E-state index in [1.54, 1.807) is 46.7 Å². The third-order valence-corrected chi connectivity index (χ3v) is 10.4. The van der Waals surface area contributed by atoms with Crippen molar-refractivity contribution in [2.24, 2.45) is 0 Å². The molecule has 0 unspecified atom stereocenters. The lowest BCUT2D eigenvalue weighted by molar-refractivity contribution is 0.167. The molecule has 2 aliphatic heterocycles. The maximum absolute atomic E-state index is 14.0. The Morgan fingerprint density at radius 1 is 0.643 bits per heavy atom. The van der Waals surface area contributed by atoms with Crippen LogP contribution < -0.4 is 20.4 Å². The number of imidazole rings is 2. The van der Waals surface area contributed by atoms with Crippen LogP contribution in [0.15, 0.2) is 98.1 Å². The number of nitrogens with one attached hydrogen (secondary N) is 2. The normalized spacial score (nSPS) is 18.3. The SMILES string of the molecule is C[C@@H]1CN(c2ccncc2F)CCN1C(=O)N[C@H](C)c1cccc2nccn12.C[C@H](NC(=O)N1CCN(c2ccncc2F)C[C@H]1C)c1cccc2nccn12. The fraction of sp³-hybridized carbons (Fsp3) is 0.350. The molecular formula is C40H46F2N12O2. The van der Waals surface area contributed by atoms with Gasteiger partial charge in [0, 0.05) is 99.9 Å². The molecule has 0 radical (unpaired) electrons. The first-order valence-electron chi connectivity index (χ1n) is 18.8. The Kier molecular flexibility index (Phi) is 11.2. The predicted octanol–water partition coefficient (Wildman–Crippen LogP) is 5.70. The largest absolute Gasteiger partial charge is 0.365 e. The number of piperazine rings is 2. The van der Waals surface area contributed by atoms with Crippen LogP contribution in [0.3, 0.4) is 0 Å². The highest BCUT2D eigenvalue weighted by Crippen LogP contribution is 2.24. The zero-order chi connectivity index (χ0) is 39.3. The van der Waals surface area contributed by atoms with E-state index in [1.165, 1.54) is 12.4 Å². The van der Waals surface area contributed by atoms with Gasteiger partial charge in [-0.15, -0.1) is 0 Å². The van der Waals surface area contributed by atoms with Gasteiger partial charge >= 0.3 is 12.1 Å². The van der Waals surface area contributed by atoms with Gasteiger partial charge < -0.3 is 39.0 Å². The van der Waals surface area contributed by atoms with Crippen molar-refractivity contribution < 1.29 is 18.4 Å². The molecule has 6 aromatic heterocycles. The number of hydrogen-bond acceptors (Lipinski definition) is 8. The third-order valence-electron chi connectivity index (χ3n) is 10.4. The molecule has 292 valence electrons. The number of carbonyl (C=O) groups is 2. The lowest BCUT2D eigenvalue weighted by Crippen LogP contribution is -2.57. The van der Waals surface area contributed by atoms with Gasteiger partial charge in [0.25, 0.3) is 0 Å². The molecule has 56 heavy (non-hydrogen) atoms. The van der Waals surface area contributed by atoms with Crippen LogP contribution in [0.1, 0.15) is 51.2 Å². The van der Waals surface area contributed by atoms with E-state index in [1.807, 2.05) is 95.1 Å². The summed E-state index contributed by atoms with van der Waals surface area (Å²) >= 11 is 0. The monoisotopic (exact) mass is 764 g/mol. The van der Waals surface area contributed by atoms with Crippen LogP contribution >= 0.6 is 0 Å². The minimum absolute atomic E-state index is 0.0439. The molecule has 0 aromatic carbocycles. The average Bonchev–Trinajstić information content (AvgIpc) is 3.89. The molecule has 16 heteroatoms. The predicted molar refractivity (Wildman–Crippen MR) is 209 cm³/mol. The van der Waals surface area contributed by atoms with Crippen LogP contribution in [0.2, 0.25) is 0 Å². The van der Waals surface area contributed by atoms with Crippen molar-refractivity contribution in [3.05, 3.63) is 121 Å². The van der Waals surface area contributed by atoms with Crippen molar-refractivity contribution in [3.8, 4) is 0 Å². The number of nitrogens with zero attached hydrogens (tertiary/aromatic N) is 10. The summed E-state index contributed by atoms with van der Waals surface area (Å²) in [7, 11) is 0. The molecular weight excluding hydrogens is 719 g/mol. The van der Waals surface area contributed by atoms with Crippen molar-refractivity contribution in [1.29, 1.82) is 0 Å². The van der Waals surface area contributed by atoms with E-state index < -0.39 is 0 Å². The van der Waals surface area contributed by atoms with E-state index in [0.717, 1.165) is 22.7 Å². The summed E-state index contributed by atoms with van der Waals surface area (Å²) in [6.45, 7) is 11.2. The van der Waals surface area contributed by atoms with Gasteiger partial charge in [-0.1, -0.05) is 12.1 Å². The molecule has 8 heterocycles. The zero-order valence-corrected chi connectivity index (χ0v) is 31.8. The summed E-state index contributed by atoms with van der Waals surface area (Å²) in [4.78, 5) is 49.4. The van der Waals surface area contributed by atoms with Crippen molar-refractivity contribution >= 4 is 34.7 Å². The van der Waals surface area contributed by atoms with Crippen molar-refractivity contribution in [2.75, 3.05) is 49.1 Å². The lowest BCUT2D eigenvalue weighted by atomic mass is 10.1. The van der Waals surface area contributed by atoms with Gasteiger partial charge in [0.2, 0.25) is 0 Å². The second-order valence-corrected chi connectivity index (χ2v) is 14.2. The Bertz CT molecular complexity index is 2140. The quantitative estimate of drug-likeness (QED) is 0.221. The number of rotatable bonds is 6. The molecule has 14 nitrogen and oxygen atoms in total. The molecule has 0 aliphatic carbocycles. The molecule has 2 aliphatic rings. The fourth-order valence-electron chi connectivity index (χ4n) is 7.53. The highest BCUT2D eigenvalue weighted by atomic mass is 19.1. The number of fused-ring (bicyclic) bond motifs is 2. The summed E-state index contributed by atoms with van der Waals surface area (Å²) < 4.78 is 32.0. The molecule has 0 saturated carbocycles. The van der Waals surface area contributed by atoms with E-state index in [2.05, 4.69) is 30.6 Å². The number of halogens is 2. The smallest absolute Gasteiger partial charge is 0.318 e. The molecule has 2 fully saturated rings. The van der Waals surface area contributed by atoms with Gasteiger partial charge in [-0.2, -0.15) is 0 Å². The molecule has 6 aromatic rings. The Balaban J connectivity index is 0.000000172. The number of hydrogen-bond donors (Lipinski definition) is 2. The summed E-state index contributed by atoms with van der Waals surface area (Å²) in [5.41, 5.74) is 4.69. The van der Waals surface area contributed by atoms with E-state index in [4.69, 9.17) is 0 Å². The van der Waals surface area contributed by atoms with Crippen molar-refractivity contribution in [3.63, 3.8) is 0 Å². The van der Waals surface area contributed by atoms with Crippen LogP contribution in [-0.2, 0) is 0 Å². The van der Waals surface area contributed by atoms with Gasteiger partial charge in [-0.3, -0.25) is 9.97 Å². The number of aromatic nitrogens is 6. The first-order chi connectivity index (χ1) is 27.1. The van der Waals surface area contributed by atoms with E-state index in [0.29, 0.717) is 50.6 Å². The number of amides is 4. The summed E-state index contributed by atoms with van der Waals surface area (Å²) in [5, 5.41) is 6.16. The fourth-order valence-corrected chi connectivity index (χ4v) is 7.53. The van der Waals surface area contributed by atoms with Crippen LogP contribution in [0.5, 0.6) is 0 Å². The average molecular weight is 765 g/mol. The van der Waals surface area contributed by atoms with E-state index >= 15 is 0 Å². The summed E-state index contributed by atoms with van der Waals surface area (Å²) in [5.74, 6) is -0.677. The second-order valence-electron chi connectivity index (χ2n) is 14.2. The van der Waals surface area contributed by atoms with Crippen molar-refractivity contribution in [2.45, 2.75) is 51.9 Å². The van der Waals surface area contributed by atoms with Gasteiger partial charge in [-0.05, 0) is 64.1 Å². The first kappa shape index (κ1) is 38.0. The maximum Gasteiger partial charge on any atom is 0.318 e. The van der Waals surface area contributed by atoms with Crippen LogP contribution in [0, 0.1) is 11.6 Å². The number of urea groups is 2. The molecule has 8 rings (SSSR count). The Morgan fingerprint density at radius 2 is 1.07 bits per heavy atom. The molecule has 4 atom stereocenters. The number of anilines is 2. The zero-order valence-electron chi connectivity index (χ0n) is 31.8. The third kappa shape index (κ3) is 8.04. The van der Waals surface area contributed by atoms with Gasteiger partial charge in [0.1, 0.15) is 11.3 Å². The highest BCUT2D eigenvalue weighted by Gasteiger charge is 2.31. The highest BCUT2D eigenvalue weighted by molar-refractivity contribution is 5.76. The Labute approximate surface area is 323 Å². The topological polar surface area (TPSA) is 132 Å². The molecule has 4 amide bonds. The lowest BCUT2D eigenvalue weighted by Gasteiger charge is -2.41. The van der Waals surface area contributed by atoms with Gasteiger partial charge in [-0.25, -0.2) is 28.3 Å². The standard InChI is InChI=1S/2C20H23FN6O/c2*1-14-13-25(18-6-7-22-12-16(18)21)10-11-26(14)20(28)24-15(2)17-4-3-5-19-23-8-9-27(17)19/h2*3-9,12,14-15H,10-11,13H2,1-2H3,(H,24,28)/t14-,15+;14-,15-/m11/s1. The molecule has 2 saturated heterocycles. The maximum atomic E-state index is 14.0. The van der Waals surface area contributed by atoms with E-state index in [9.17, 15) is 18.4 Å². The van der Waals surface area contributed by atoms with Crippen LogP contribution in [-0.4, -0.2) is 102 Å². The minimum Gasteiger partial charge on any atom is -0.365 e. The molecule has 0 bridgehead atoms. The second kappa shape index (κ2) is 16.6. The number of carbonyl (C=O) groups excluding carboxylic acids is 2. The Hall–Kier alpha value is -6.32. The van der Waals surface area contributed by atoms with E-state index in [-0.39, 0.29) is 47.9 Å². The minimum atomic E-state index is -0.338. The van der Waals surface area contributed by atoms with Crippen LogP contribution in [0.4, 0.5) is 29.7 Å². The first-order valence-corrected chi connectivity index (χ1v) is 18.8. The number of pyridine rings is 4.